The monoisotopic (exact) mass is 274 g/mol. The van der Waals surface area contributed by atoms with Crippen LogP contribution in [0.3, 0.4) is 0 Å². The van der Waals surface area contributed by atoms with Gasteiger partial charge in [-0.1, -0.05) is 6.92 Å². The molecule has 0 saturated carbocycles. The molecule has 0 fully saturated rings. The van der Waals surface area contributed by atoms with Crippen LogP contribution in [0.25, 0.3) is 15.9 Å². The molecular weight excluding hydrogens is 260 g/mol. The summed E-state index contributed by atoms with van der Waals surface area (Å²) in [6.45, 7) is 4.10. The van der Waals surface area contributed by atoms with Crippen molar-refractivity contribution in [3.8, 4) is 0 Å². The quantitative estimate of drug-likeness (QED) is 0.682. The highest BCUT2D eigenvalue weighted by Crippen LogP contribution is 2.38. The van der Waals surface area contributed by atoms with Gasteiger partial charge in [0.05, 0.1) is 5.39 Å². The standard InChI is InChI=1S/C13H14N4OS/c1-6-3-4-9-8(5-6)10-11-14-7(2)16-17(11)13(18)15-12(10)19-9/h6H,3-5H2,1-2H3,(H,15,18). The highest BCUT2D eigenvalue weighted by atomic mass is 32.1. The molecule has 1 atom stereocenters. The van der Waals surface area contributed by atoms with E-state index in [1.807, 2.05) is 6.92 Å². The van der Waals surface area contributed by atoms with Crippen molar-refractivity contribution in [2.75, 3.05) is 0 Å². The van der Waals surface area contributed by atoms with Crippen LogP contribution in [0.1, 0.15) is 29.6 Å². The third-order valence-electron chi connectivity index (χ3n) is 3.86. The van der Waals surface area contributed by atoms with E-state index in [0.717, 1.165) is 23.1 Å². The molecule has 0 aliphatic heterocycles. The summed E-state index contributed by atoms with van der Waals surface area (Å²) in [5.74, 6) is 1.34. The molecule has 1 aliphatic rings. The van der Waals surface area contributed by atoms with E-state index >= 15 is 0 Å². The second kappa shape index (κ2) is 3.66. The zero-order valence-electron chi connectivity index (χ0n) is 10.9. The summed E-state index contributed by atoms with van der Waals surface area (Å²) in [4.78, 5) is 21.7. The van der Waals surface area contributed by atoms with E-state index in [-0.39, 0.29) is 5.69 Å². The summed E-state index contributed by atoms with van der Waals surface area (Å²) in [5.41, 5.74) is 1.88. The Balaban J connectivity index is 2.19. The van der Waals surface area contributed by atoms with Crippen LogP contribution in [0.15, 0.2) is 4.79 Å². The van der Waals surface area contributed by atoms with Gasteiger partial charge in [-0.05, 0) is 37.7 Å². The summed E-state index contributed by atoms with van der Waals surface area (Å²) in [6.07, 6.45) is 3.41. The number of thiophene rings is 1. The number of H-pyrrole nitrogens is 1. The number of nitrogens with zero attached hydrogens (tertiary/aromatic N) is 3. The second-order valence-corrected chi connectivity index (χ2v) is 6.49. The molecule has 0 saturated heterocycles. The molecule has 3 heterocycles. The lowest BCUT2D eigenvalue weighted by molar-refractivity contribution is 0.508. The Bertz CT molecular complexity index is 857. The number of hydrogen-bond donors (Lipinski definition) is 1. The Morgan fingerprint density at radius 1 is 1.47 bits per heavy atom. The third-order valence-corrected chi connectivity index (χ3v) is 5.06. The van der Waals surface area contributed by atoms with E-state index < -0.39 is 0 Å². The first-order valence-corrected chi connectivity index (χ1v) is 7.35. The molecule has 0 bridgehead atoms. The Morgan fingerprint density at radius 2 is 2.32 bits per heavy atom. The summed E-state index contributed by atoms with van der Waals surface area (Å²) >= 11 is 1.70. The van der Waals surface area contributed by atoms with Gasteiger partial charge in [0.1, 0.15) is 10.7 Å². The van der Waals surface area contributed by atoms with Crippen molar-refractivity contribution in [3.63, 3.8) is 0 Å². The van der Waals surface area contributed by atoms with Crippen LogP contribution in [0, 0.1) is 12.8 Å². The van der Waals surface area contributed by atoms with Crippen molar-refractivity contribution < 1.29 is 0 Å². The van der Waals surface area contributed by atoms with Gasteiger partial charge in [0, 0.05) is 4.88 Å². The molecule has 5 nitrogen and oxygen atoms in total. The molecule has 98 valence electrons. The van der Waals surface area contributed by atoms with E-state index in [9.17, 15) is 4.79 Å². The van der Waals surface area contributed by atoms with Gasteiger partial charge in [-0.3, -0.25) is 4.98 Å². The number of aromatic nitrogens is 4. The molecule has 4 rings (SSSR count). The molecule has 0 radical (unpaired) electrons. The lowest BCUT2D eigenvalue weighted by Crippen LogP contribution is -2.17. The van der Waals surface area contributed by atoms with Crippen LogP contribution in [0.2, 0.25) is 0 Å². The number of hydrogen-bond acceptors (Lipinski definition) is 4. The molecule has 1 unspecified atom stereocenters. The van der Waals surface area contributed by atoms with Crippen molar-refractivity contribution in [1.29, 1.82) is 0 Å². The Morgan fingerprint density at radius 3 is 3.16 bits per heavy atom. The maximum atomic E-state index is 12.0. The molecule has 0 amide bonds. The first kappa shape index (κ1) is 11.2. The van der Waals surface area contributed by atoms with E-state index in [0.29, 0.717) is 17.4 Å². The predicted molar refractivity (Wildman–Crippen MR) is 74.9 cm³/mol. The second-order valence-electron chi connectivity index (χ2n) is 5.38. The van der Waals surface area contributed by atoms with E-state index in [1.54, 1.807) is 11.3 Å². The van der Waals surface area contributed by atoms with Gasteiger partial charge >= 0.3 is 5.69 Å². The van der Waals surface area contributed by atoms with Crippen LogP contribution in [-0.4, -0.2) is 19.6 Å². The van der Waals surface area contributed by atoms with Crippen LogP contribution >= 0.6 is 11.3 Å². The molecule has 19 heavy (non-hydrogen) atoms. The van der Waals surface area contributed by atoms with Gasteiger partial charge in [0.15, 0.2) is 5.65 Å². The Kier molecular flexibility index (Phi) is 2.15. The molecule has 0 aromatic carbocycles. The SMILES string of the molecule is Cc1nc2c3c4c(sc3[nH]c(=O)n2n1)CCC(C)C4. The topological polar surface area (TPSA) is 63.0 Å². The van der Waals surface area contributed by atoms with E-state index in [1.165, 1.54) is 21.4 Å². The molecule has 3 aromatic heterocycles. The smallest absolute Gasteiger partial charge is 0.297 e. The van der Waals surface area contributed by atoms with Crippen molar-refractivity contribution in [2.24, 2.45) is 5.92 Å². The van der Waals surface area contributed by atoms with Crippen molar-refractivity contribution in [1.82, 2.24) is 19.6 Å². The van der Waals surface area contributed by atoms with Gasteiger partial charge in [0.25, 0.3) is 0 Å². The minimum atomic E-state index is -0.199. The maximum Gasteiger partial charge on any atom is 0.349 e. The summed E-state index contributed by atoms with van der Waals surface area (Å²) in [7, 11) is 0. The van der Waals surface area contributed by atoms with Crippen LogP contribution in [0.4, 0.5) is 0 Å². The lowest BCUT2D eigenvalue weighted by Gasteiger charge is -2.17. The molecular formula is C13H14N4OS. The fraction of sp³-hybridized carbons (Fsp3) is 0.462. The Labute approximate surface area is 113 Å². The van der Waals surface area contributed by atoms with Gasteiger partial charge in [-0.25, -0.2) is 9.78 Å². The van der Waals surface area contributed by atoms with E-state index in [2.05, 4.69) is 22.0 Å². The molecule has 1 N–H and O–H groups in total. The summed E-state index contributed by atoms with van der Waals surface area (Å²) < 4.78 is 1.39. The van der Waals surface area contributed by atoms with E-state index in [4.69, 9.17) is 0 Å². The summed E-state index contributed by atoms with van der Waals surface area (Å²) in [6, 6.07) is 0. The minimum absolute atomic E-state index is 0.199. The highest BCUT2D eigenvalue weighted by molar-refractivity contribution is 7.19. The normalized spacial score (nSPS) is 19.2. The first-order valence-electron chi connectivity index (χ1n) is 6.53. The zero-order valence-corrected chi connectivity index (χ0v) is 11.7. The van der Waals surface area contributed by atoms with Gasteiger partial charge in [0.2, 0.25) is 0 Å². The molecule has 6 heteroatoms. The van der Waals surface area contributed by atoms with Crippen molar-refractivity contribution >= 4 is 27.2 Å². The molecule has 1 aliphatic carbocycles. The fourth-order valence-corrected chi connectivity index (χ4v) is 4.18. The average Bonchev–Trinajstić information content (AvgIpc) is 2.89. The van der Waals surface area contributed by atoms with Crippen LogP contribution in [0.5, 0.6) is 0 Å². The minimum Gasteiger partial charge on any atom is -0.297 e. The molecule has 0 spiro atoms. The number of aromatic amines is 1. The van der Waals surface area contributed by atoms with Gasteiger partial charge in [-0.15, -0.1) is 16.4 Å². The Hall–Kier alpha value is -1.69. The largest absolute Gasteiger partial charge is 0.349 e. The lowest BCUT2D eigenvalue weighted by atomic mass is 9.89. The van der Waals surface area contributed by atoms with Crippen LogP contribution in [-0.2, 0) is 12.8 Å². The van der Waals surface area contributed by atoms with Crippen LogP contribution < -0.4 is 5.69 Å². The summed E-state index contributed by atoms with van der Waals surface area (Å²) in [5, 5.41) is 5.28. The number of rotatable bonds is 0. The third kappa shape index (κ3) is 1.49. The number of nitrogens with one attached hydrogen (secondary N) is 1. The number of aryl methyl sites for hydroxylation is 2. The first-order chi connectivity index (χ1) is 9.13. The molecule has 3 aromatic rings. The zero-order chi connectivity index (χ0) is 13.1. The predicted octanol–water partition coefficient (Wildman–Crippen LogP) is 2.07. The van der Waals surface area contributed by atoms with Crippen molar-refractivity contribution in [3.05, 3.63) is 26.7 Å². The average molecular weight is 274 g/mol. The number of fused-ring (bicyclic) bond motifs is 5. The van der Waals surface area contributed by atoms with Gasteiger partial charge < -0.3 is 0 Å². The van der Waals surface area contributed by atoms with Crippen molar-refractivity contribution in [2.45, 2.75) is 33.1 Å². The maximum absolute atomic E-state index is 12.0. The van der Waals surface area contributed by atoms with Gasteiger partial charge in [-0.2, -0.15) is 4.52 Å². The fourth-order valence-electron chi connectivity index (χ4n) is 2.95. The highest BCUT2D eigenvalue weighted by Gasteiger charge is 2.23.